The molecule has 0 aliphatic heterocycles. The van der Waals surface area contributed by atoms with E-state index >= 15 is 0 Å². The third kappa shape index (κ3) is 2.98. The Kier molecular flexibility index (Phi) is 4.24. The average Bonchev–Trinajstić information content (AvgIpc) is 3.48. The molecule has 5 aromatic rings. The lowest BCUT2D eigenvalue weighted by atomic mass is 10.2. The zero-order valence-corrected chi connectivity index (χ0v) is 16.4. The van der Waals surface area contributed by atoms with Crippen LogP contribution in [-0.2, 0) is 6.54 Å². The number of hydrogen-bond donors (Lipinski definition) is 1. The van der Waals surface area contributed by atoms with E-state index in [1.807, 2.05) is 25.1 Å². The first-order chi connectivity index (χ1) is 14.6. The van der Waals surface area contributed by atoms with Gasteiger partial charge in [0.1, 0.15) is 18.1 Å². The average molecular weight is 405 g/mol. The summed E-state index contributed by atoms with van der Waals surface area (Å²) in [5.74, 6) is 2.80. The van der Waals surface area contributed by atoms with Crippen LogP contribution in [0.2, 0.25) is 0 Å². The Morgan fingerprint density at radius 2 is 2.07 bits per heavy atom. The highest BCUT2D eigenvalue weighted by molar-refractivity contribution is 5.90. The molecule has 0 saturated heterocycles. The fraction of sp³-hybridized carbons (Fsp3) is 0.200. The van der Waals surface area contributed by atoms with Gasteiger partial charge in [0, 0.05) is 0 Å². The Bertz CT molecular complexity index is 1340. The number of furan rings is 1. The highest BCUT2D eigenvalue weighted by Crippen LogP contribution is 2.24. The second kappa shape index (κ2) is 7.07. The zero-order valence-electron chi connectivity index (χ0n) is 16.4. The number of rotatable bonds is 6. The maximum atomic E-state index is 6.12. The molecule has 0 bridgehead atoms. The number of nitrogen functional groups attached to an aromatic ring is 1. The number of hydrogen-bond acceptors (Lipinski definition) is 8. The van der Waals surface area contributed by atoms with E-state index in [0.717, 1.165) is 22.4 Å². The van der Waals surface area contributed by atoms with Crippen LogP contribution in [0.15, 0.2) is 47.2 Å². The third-order valence-corrected chi connectivity index (χ3v) is 4.78. The number of nitrogens with zero attached hydrogens (tertiary/aromatic N) is 6. The first kappa shape index (κ1) is 18.0. The first-order valence-corrected chi connectivity index (χ1v) is 9.33. The Morgan fingerprint density at radius 1 is 1.17 bits per heavy atom. The Labute approximate surface area is 170 Å². The molecule has 0 spiro atoms. The molecule has 0 fully saturated rings. The molecule has 0 radical (unpaired) electrons. The van der Waals surface area contributed by atoms with Crippen molar-refractivity contribution < 1.29 is 13.9 Å². The van der Waals surface area contributed by atoms with E-state index in [-0.39, 0.29) is 5.95 Å². The van der Waals surface area contributed by atoms with Crippen LogP contribution in [0, 0.1) is 6.92 Å². The van der Waals surface area contributed by atoms with Crippen molar-refractivity contribution in [2.24, 2.45) is 0 Å². The molecule has 30 heavy (non-hydrogen) atoms. The molecular formula is C20H19N7O3. The monoisotopic (exact) mass is 405 g/mol. The van der Waals surface area contributed by atoms with Gasteiger partial charge in [-0.1, -0.05) is 0 Å². The van der Waals surface area contributed by atoms with Crippen molar-refractivity contribution in [3.05, 3.63) is 48.4 Å². The van der Waals surface area contributed by atoms with E-state index in [2.05, 4.69) is 20.2 Å². The maximum Gasteiger partial charge on any atom is 0.225 e. The lowest BCUT2D eigenvalue weighted by Crippen LogP contribution is -2.11. The molecule has 0 aliphatic rings. The van der Waals surface area contributed by atoms with Gasteiger partial charge < -0.3 is 19.6 Å². The van der Waals surface area contributed by atoms with Crippen LogP contribution < -0.4 is 15.2 Å². The van der Waals surface area contributed by atoms with Gasteiger partial charge >= 0.3 is 0 Å². The normalized spacial score (nSPS) is 11.4. The summed E-state index contributed by atoms with van der Waals surface area (Å²) in [5.41, 5.74) is 8.31. The summed E-state index contributed by atoms with van der Waals surface area (Å²) in [5, 5.41) is 9.56. The molecule has 0 saturated carbocycles. The van der Waals surface area contributed by atoms with E-state index < -0.39 is 0 Å². The summed E-state index contributed by atoms with van der Waals surface area (Å²) in [7, 11) is 1.65. The van der Waals surface area contributed by atoms with Crippen molar-refractivity contribution in [1.82, 2.24) is 29.4 Å². The van der Waals surface area contributed by atoms with E-state index in [0.29, 0.717) is 36.0 Å². The van der Waals surface area contributed by atoms with E-state index in [1.165, 1.54) is 4.52 Å². The highest BCUT2D eigenvalue weighted by Gasteiger charge is 2.17. The summed E-state index contributed by atoms with van der Waals surface area (Å²) < 4.78 is 19.7. The van der Waals surface area contributed by atoms with Crippen LogP contribution in [-0.4, -0.2) is 43.1 Å². The molecule has 0 amide bonds. The summed E-state index contributed by atoms with van der Waals surface area (Å²) in [6.07, 6.45) is 3.27. The highest BCUT2D eigenvalue weighted by atomic mass is 16.5. The number of benzene rings is 1. The number of methoxy groups -OCH3 is 1. The van der Waals surface area contributed by atoms with Crippen molar-refractivity contribution >= 4 is 22.6 Å². The number of aromatic nitrogens is 6. The van der Waals surface area contributed by atoms with E-state index in [9.17, 15) is 0 Å². The van der Waals surface area contributed by atoms with Crippen molar-refractivity contribution in [2.45, 2.75) is 13.5 Å². The predicted molar refractivity (Wildman–Crippen MR) is 109 cm³/mol. The quantitative estimate of drug-likeness (QED) is 0.458. The Morgan fingerprint density at radius 3 is 2.83 bits per heavy atom. The van der Waals surface area contributed by atoms with E-state index in [1.54, 1.807) is 36.4 Å². The van der Waals surface area contributed by atoms with Crippen LogP contribution in [0.25, 0.3) is 28.3 Å². The molecule has 1 aromatic carbocycles. The predicted octanol–water partition coefficient (Wildman–Crippen LogP) is 2.71. The number of anilines is 1. The molecular weight excluding hydrogens is 386 g/mol. The topological polar surface area (TPSA) is 119 Å². The van der Waals surface area contributed by atoms with Gasteiger partial charge in [-0.3, -0.25) is 0 Å². The SMILES string of the molecule is COc1ccc(OCCn2ncc3c2nc(N)n2nc(-c4ccco4)nc32)cc1C. The Hall–Kier alpha value is -4.08. The van der Waals surface area contributed by atoms with Crippen LogP contribution in [0.4, 0.5) is 5.95 Å². The summed E-state index contributed by atoms with van der Waals surface area (Å²) >= 11 is 0. The van der Waals surface area contributed by atoms with Gasteiger partial charge in [-0.25, -0.2) is 9.67 Å². The smallest absolute Gasteiger partial charge is 0.225 e. The maximum absolute atomic E-state index is 6.12. The number of ether oxygens (including phenoxy) is 2. The van der Waals surface area contributed by atoms with Crippen LogP contribution in [0.1, 0.15) is 5.56 Å². The molecule has 4 aromatic heterocycles. The molecule has 0 aliphatic carbocycles. The van der Waals surface area contributed by atoms with Crippen molar-refractivity contribution in [1.29, 1.82) is 0 Å². The fourth-order valence-electron chi connectivity index (χ4n) is 3.32. The molecule has 152 valence electrons. The number of aryl methyl sites for hydroxylation is 1. The van der Waals surface area contributed by atoms with Crippen molar-refractivity contribution in [3.63, 3.8) is 0 Å². The van der Waals surface area contributed by atoms with Gasteiger partial charge in [0.15, 0.2) is 17.1 Å². The third-order valence-electron chi connectivity index (χ3n) is 4.78. The largest absolute Gasteiger partial charge is 0.496 e. The van der Waals surface area contributed by atoms with Crippen molar-refractivity contribution in [3.8, 4) is 23.1 Å². The standard InChI is InChI=1S/C20H19N7O3/c1-12-10-13(5-6-15(12)28-2)29-9-7-26-18-14(11-22-26)19-23-17(16-4-3-8-30-16)25-27(19)20(21)24-18/h3-6,8,10-11H,7,9H2,1-2H3,(H2,21,24). The van der Waals surface area contributed by atoms with Crippen molar-refractivity contribution in [2.75, 3.05) is 19.5 Å². The Balaban J connectivity index is 1.41. The molecule has 0 atom stereocenters. The first-order valence-electron chi connectivity index (χ1n) is 9.33. The minimum Gasteiger partial charge on any atom is -0.496 e. The van der Waals surface area contributed by atoms with Gasteiger partial charge in [0.05, 0.1) is 31.5 Å². The van der Waals surface area contributed by atoms with Gasteiger partial charge in [-0.15, -0.1) is 5.10 Å². The van der Waals surface area contributed by atoms with Gasteiger partial charge in [-0.2, -0.15) is 14.6 Å². The molecule has 10 heteroatoms. The minimum absolute atomic E-state index is 0.219. The molecule has 5 rings (SSSR count). The minimum atomic E-state index is 0.219. The van der Waals surface area contributed by atoms with Gasteiger partial charge in [-0.05, 0) is 42.8 Å². The lowest BCUT2D eigenvalue weighted by molar-refractivity contribution is 0.292. The summed E-state index contributed by atoms with van der Waals surface area (Å²) in [6, 6.07) is 9.26. The molecule has 4 heterocycles. The lowest BCUT2D eigenvalue weighted by Gasteiger charge is -2.10. The van der Waals surface area contributed by atoms with Crippen LogP contribution >= 0.6 is 0 Å². The second-order valence-corrected chi connectivity index (χ2v) is 6.70. The zero-order chi connectivity index (χ0) is 20.7. The summed E-state index contributed by atoms with van der Waals surface area (Å²) in [4.78, 5) is 9.01. The van der Waals surface area contributed by atoms with E-state index in [4.69, 9.17) is 19.6 Å². The fourth-order valence-corrected chi connectivity index (χ4v) is 3.32. The second-order valence-electron chi connectivity index (χ2n) is 6.70. The van der Waals surface area contributed by atoms with Crippen LogP contribution in [0.3, 0.4) is 0 Å². The molecule has 0 unspecified atom stereocenters. The summed E-state index contributed by atoms with van der Waals surface area (Å²) in [6.45, 7) is 2.89. The molecule has 10 nitrogen and oxygen atoms in total. The van der Waals surface area contributed by atoms with Crippen LogP contribution in [0.5, 0.6) is 11.5 Å². The molecule has 2 N–H and O–H groups in total. The van der Waals surface area contributed by atoms with Gasteiger partial charge in [0.25, 0.3) is 0 Å². The number of nitrogens with two attached hydrogens (primary N) is 1. The number of fused-ring (bicyclic) bond motifs is 3. The van der Waals surface area contributed by atoms with Gasteiger partial charge in [0.2, 0.25) is 11.8 Å².